The topological polar surface area (TPSA) is 43.8 Å². The van der Waals surface area contributed by atoms with E-state index in [1.165, 1.54) is 11.1 Å². The molecule has 1 amide bonds. The molecule has 25 heavy (non-hydrogen) atoms. The van der Waals surface area contributed by atoms with Gasteiger partial charge in [-0.3, -0.25) is 9.69 Å². The Morgan fingerprint density at radius 3 is 2.48 bits per heavy atom. The van der Waals surface area contributed by atoms with Crippen LogP contribution in [0, 0.1) is 5.92 Å². The van der Waals surface area contributed by atoms with Gasteiger partial charge in [-0.15, -0.1) is 0 Å². The number of nitrogens with zero attached hydrogens (tertiary/aromatic N) is 2. The molecule has 1 aromatic rings. The number of carbonyl (C=O) groups is 1. The second kappa shape index (κ2) is 7.46. The third-order valence-corrected chi connectivity index (χ3v) is 5.72. The van der Waals surface area contributed by atoms with Crippen molar-refractivity contribution in [1.82, 2.24) is 9.80 Å². The van der Waals surface area contributed by atoms with Crippen LogP contribution in [0.25, 0.3) is 0 Å². The third kappa shape index (κ3) is 4.24. The lowest BCUT2D eigenvalue weighted by molar-refractivity contribution is -0.133. The molecule has 2 fully saturated rings. The summed E-state index contributed by atoms with van der Waals surface area (Å²) in [5, 5.41) is 9.28. The van der Waals surface area contributed by atoms with Gasteiger partial charge in [0.25, 0.3) is 0 Å². The second-order valence-corrected chi connectivity index (χ2v) is 8.69. The van der Waals surface area contributed by atoms with Gasteiger partial charge in [0.2, 0.25) is 5.91 Å². The van der Waals surface area contributed by atoms with Crippen molar-refractivity contribution in [1.29, 1.82) is 0 Å². The van der Waals surface area contributed by atoms with E-state index in [9.17, 15) is 9.90 Å². The van der Waals surface area contributed by atoms with Crippen molar-refractivity contribution in [3.63, 3.8) is 0 Å². The molecular formula is C21H32N2O2. The van der Waals surface area contributed by atoms with Crippen molar-refractivity contribution < 1.29 is 9.90 Å². The van der Waals surface area contributed by atoms with Crippen LogP contribution in [0.5, 0.6) is 0 Å². The molecule has 0 saturated carbocycles. The van der Waals surface area contributed by atoms with Gasteiger partial charge in [0.05, 0.1) is 12.6 Å². The van der Waals surface area contributed by atoms with Gasteiger partial charge in [-0.25, -0.2) is 0 Å². The minimum atomic E-state index is 0.155. The lowest BCUT2D eigenvalue weighted by Gasteiger charge is -2.28. The van der Waals surface area contributed by atoms with Crippen LogP contribution in [-0.4, -0.2) is 53.6 Å². The van der Waals surface area contributed by atoms with Gasteiger partial charge in [0.1, 0.15) is 0 Å². The standard InChI is InChI=1S/C21H32N2O2/c1-21(2,3)18-8-6-17(7-9-18)19-5-4-11-23(19)20(25)14-22-12-10-16(13-22)15-24/h6-9,16,19,24H,4-5,10-15H2,1-3H3/t16-,19-/m1/s1. The summed E-state index contributed by atoms with van der Waals surface area (Å²) in [7, 11) is 0. The zero-order valence-corrected chi connectivity index (χ0v) is 15.9. The minimum absolute atomic E-state index is 0.155. The number of aliphatic hydroxyl groups is 1. The Labute approximate surface area is 151 Å². The Hall–Kier alpha value is -1.39. The van der Waals surface area contributed by atoms with E-state index >= 15 is 0 Å². The zero-order chi connectivity index (χ0) is 18.0. The Kier molecular flexibility index (Phi) is 5.49. The molecule has 138 valence electrons. The van der Waals surface area contributed by atoms with Gasteiger partial charge >= 0.3 is 0 Å². The number of hydrogen-bond donors (Lipinski definition) is 1. The third-order valence-electron chi connectivity index (χ3n) is 5.72. The maximum atomic E-state index is 12.8. The van der Waals surface area contributed by atoms with Crippen molar-refractivity contribution in [3.8, 4) is 0 Å². The molecule has 2 aliphatic rings. The first-order valence-corrected chi connectivity index (χ1v) is 9.61. The summed E-state index contributed by atoms with van der Waals surface area (Å²) in [6, 6.07) is 9.05. The molecule has 0 aromatic heterocycles. The molecule has 4 nitrogen and oxygen atoms in total. The molecule has 2 atom stereocenters. The van der Waals surface area contributed by atoms with E-state index in [1.54, 1.807) is 0 Å². The molecule has 1 aromatic carbocycles. The Bertz CT molecular complexity index is 591. The summed E-state index contributed by atoms with van der Waals surface area (Å²) < 4.78 is 0. The highest BCUT2D eigenvalue weighted by Gasteiger charge is 2.32. The fourth-order valence-corrected chi connectivity index (χ4v) is 4.10. The number of aliphatic hydroxyl groups excluding tert-OH is 1. The number of carbonyl (C=O) groups excluding carboxylic acids is 1. The molecule has 4 heteroatoms. The van der Waals surface area contributed by atoms with Crippen molar-refractivity contribution >= 4 is 5.91 Å². The molecule has 2 aliphatic heterocycles. The lowest BCUT2D eigenvalue weighted by Crippen LogP contribution is -2.39. The SMILES string of the molecule is CC(C)(C)c1ccc([C@H]2CCCN2C(=O)CN2CC[C@@H](CO)C2)cc1. The summed E-state index contributed by atoms with van der Waals surface area (Å²) in [6.07, 6.45) is 3.14. The van der Waals surface area contributed by atoms with Crippen LogP contribution in [0.2, 0.25) is 0 Å². The zero-order valence-electron chi connectivity index (χ0n) is 15.9. The molecule has 0 aliphatic carbocycles. The molecule has 0 unspecified atom stereocenters. The van der Waals surface area contributed by atoms with Gasteiger partial charge in [-0.2, -0.15) is 0 Å². The predicted octanol–water partition coefficient (Wildman–Crippen LogP) is 2.96. The van der Waals surface area contributed by atoms with Crippen LogP contribution in [0.1, 0.15) is 57.2 Å². The maximum absolute atomic E-state index is 12.8. The van der Waals surface area contributed by atoms with Crippen molar-refractivity contribution in [2.45, 2.75) is 51.5 Å². The molecule has 0 bridgehead atoms. The first-order chi connectivity index (χ1) is 11.9. The fraction of sp³-hybridized carbons (Fsp3) is 0.667. The van der Waals surface area contributed by atoms with E-state index in [4.69, 9.17) is 0 Å². The Morgan fingerprint density at radius 2 is 1.88 bits per heavy atom. The monoisotopic (exact) mass is 344 g/mol. The number of benzene rings is 1. The molecule has 0 radical (unpaired) electrons. The average molecular weight is 344 g/mol. The summed E-state index contributed by atoms with van der Waals surface area (Å²) >= 11 is 0. The summed E-state index contributed by atoms with van der Waals surface area (Å²) in [5.74, 6) is 0.577. The first-order valence-electron chi connectivity index (χ1n) is 9.61. The van der Waals surface area contributed by atoms with Gasteiger partial charge in [-0.1, -0.05) is 45.0 Å². The van der Waals surface area contributed by atoms with Gasteiger partial charge in [-0.05, 0) is 48.3 Å². The van der Waals surface area contributed by atoms with Gasteiger partial charge in [0.15, 0.2) is 0 Å². The van der Waals surface area contributed by atoms with Crippen LogP contribution in [0.4, 0.5) is 0 Å². The van der Waals surface area contributed by atoms with Gasteiger partial charge in [0, 0.05) is 19.7 Å². The quantitative estimate of drug-likeness (QED) is 0.913. The van der Waals surface area contributed by atoms with E-state index in [0.717, 1.165) is 38.9 Å². The van der Waals surface area contributed by atoms with Crippen LogP contribution < -0.4 is 0 Å². The molecular weight excluding hydrogens is 312 g/mol. The highest BCUT2D eigenvalue weighted by Crippen LogP contribution is 2.33. The highest BCUT2D eigenvalue weighted by molar-refractivity contribution is 5.79. The Balaban J connectivity index is 1.65. The molecule has 0 spiro atoms. The second-order valence-electron chi connectivity index (χ2n) is 8.69. The summed E-state index contributed by atoms with van der Waals surface area (Å²) in [5.41, 5.74) is 2.75. The van der Waals surface area contributed by atoms with E-state index < -0.39 is 0 Å². The van der Waals surface area contributed by atoms with Crippen molar-refractivity contribution in [2.75, 3.05) is 32.8 Å². The Morgan fingerprint density at radius 1 is 1.16 bits per heavy atom. The smallest absolute Gasteiger partial charge is 0.237 e. The highest BCUT2D eigenvalue weighted by atomic mass is 16.3. The van der Waals surface area contributed by atoms with Crippen LogP contribution >= 0.6 is 0 Å². The van der Waals surface area contributed by atoms with E-state index in [-0.39, 0.29) is 24.0 Å². The molecule has 3 rings (SSSR count). The first kappa shape index (κ1) is 18.4. The van der Waals surface area contributed by atoms with E-state index in [2.05, 4.69) is 54.8 Å². The fourth-order valence-electron chi connectivity index (χ4n) is 4.10. The number of likely N-dealkylation sites (tertiary alicyclic amines) is 2. The van der Waals surface area contributed by atoms with Crippen LogP contribution in [0.3, 0.4) is 0 Å². The average Bonchev–Trinajstić information content (AvgIpc) is 3.23. The molecule has 1 N–H and O–H groups in total. The lowest BCUT2D eigenvalue weighted by atomic mass is 9.86. The summed E-state index contributed by atoms with van der Waals surface area (Å²) in [6.45, 7) is 10.0. The number of rotatable bonds is 4. The van der Waals surface area contributed by atoms with Crippen molar-refractivity contribution in [2.24, 2.45) is 5.92 Å². The maximum Gasteiger partial charge on any atom is 0.237 e. The number of hydrogen-bond acceptors (Lipinski definition) is 3. The molecule has 2 heterocycles. The van der Waals surface area contributed by atoms with Crippen LogP contribution in [-0.2, 0) is 10.2 Å². The molecule has 2 saturated heterocycles. The van der Waals surface area contributed by atoms with E-state index in [0.29, 0.717) is 12.5 Å². The minimum Gasteiger partial charge on any atom is -0.396 e. The van der Waals surface area contributed by atoms with E-state index in [1.807, 2.05) is 0 Å². The van der Waals surface area contributed by atoms with Crippen LogP contribution in [0.15, 0.2) is 24.3 Å². The predicted molar refractivity (Wildman–Crippen MR) is 100 cm³/mol. The van der Waals surface area contributed by atoms with Gasteiger partial charge < -0.3 is 10.0 Å². The number of amides is 1. The normalized spacial score (nSPS) is 24.9. The summed E-state index contributed by atoms with van der Waals surface area (Å²) in [4.78, 5) is 17.1. The van der Waals surface area contributed by atoms with Crippen molar-refractivity contribution in [3.05, 3.63) is 35.4 Å². The largest absolute Gasteiger partial charge is 0.396 e.